The van der Waals surface area contributed by atoms with Gasteiger partial charge < -0.3 is 20.1 Å². The first-order valence-electron chi connectivity index (χ1n) is 5.34. The molecule has 2 rings (SSSR count). The number of benzene rings is 1. The molecule has 0 radical (unpaired) electrons. The minimum Gasteiger partial charge on any atom is -0.493 e. The Labute approximate surface area is 100 Å². The maximum atomic E-state index is 11.4. The number of hydrogen-bond acceptors (Lipinski definition) is 4. The molecule has 1 amide bonds. The molecule has 0 bridgehead atoms. The standard InChI is InChI=1S/C12H16N2O3/c1-14-11(10(13)12(14)15)7-4-5-8(16-2)9(6-7)17-3/h4-6,10-11H,13H2,1-3H3/t10-,11+/m1/s1. The fourth-order valence-electron chi connectivity index (χ4n) is 2.13. The van der Waals surface area contributed by atoms with E-state index in [1.807, 2.05) is 18.2 Å². The number of ether oxygens (including phenoxy) is 2. The first kappa shape index (κ1) is 11.7. The SMILES string of the molecule is COc1ccc([C@H]2[C@@H](N)C(=O)N2C)cc1OC. The van der Waals surface area contributed by atoms with E-state index in [9.17, 15) is 4.79 Å². The van der Waals surface area contributed by atoms with E-state index in [1.54, 1.807) is 26.2 Å². The molecule has 1 fully saturated rings. The number of methoxy groups -OCH3 is 2. The summed E-state index contributed by atoms with van der Waals surface area (Å²) in [6, 6.07) is 5.03. The van der Waals surface area contributed by atoms with E-state index in [4.69, 9.17) is 15.2 Å². The van der Waals surface area contributed by atoms with Gasteiger partial charge in [-0.05, 0) is 17.7 Å². The predicted molar refractivity (Wildman–Crippen MR) is 63.0 cm³/mol. The zero-order valence-electron chi connectivity index (χ0n) is 10.1. The van der Waals surface area contributed by atoms with Crippen molar-refractivity contribution in [3.05, 3.63) is 23.8 Å². The Bertz CT molecular complexity index is 435. The minimum atomic E-state index is -0.460. The van der Waals surface area contributed by atoms with E-state index in [2.05, 4.69) is 0 Å². The quantitative estimate of drug-likeness (QED) is 0.778. The minimum absolute atomic E-state index is 0.0372. The molecule has 1 aromatic carbocycles. The van der Waals surface area contributed by atoms with Crippen LogP contribution in [0, 0.1) is 0 Å². The maximum Gasteiger partial charge on any atom is 0.242 e. The van der Waals surface area contributed by atoms with E-state index in [1.165, 1.54) is 0 Å². The molecule has 0 saturated carbocycles. The molecule has 0 spiro atoms. The monoisotopic (exact) mass is 236 g/mol. The van der Waals surface area contributed by atoms with Gasteiger partial charge in [0, 0.05) is 7.05 Å². The Morgan fingerprint density at radius 2 is 1.88 bits per heavy atom. The van der Waals surface area contributed by atoms with Gasteiger partial charge in [-0.3, -0.25) is 4.79 Å². The van der Waals surface area contributed by atoms with Gasteiger partial charge in [0.25, 0.3) is 0 Å². The average molecular weight is 236 g/mol. The summed E-state index contributed by atoms with van der Waals surface area (Å²) >= 11 is 0. The fourth-order valence-corrected chi connectivity index (χ4v) is 2.13. The van der Waals surface area contributed by atoms with Crippen molar-refractivity contribution in [2.75, 3.05) is 21.3 Å². The van der Waals surface area contributed by atoms with Crippen LogP contribution in [0.15, 0.2) is 18.2 Å². The summed E-state index contributed by atoms with van der Waals surface area (Å²) in [7, 11) is 4.91. The lowest BCUT2D eigenvalue weighted by atomic mass is 9.90. The second-order valence-corrected chi connectivity index (χ2v) is 4.03. The van der Waals surface area contributed by atoms with Crippen molar-refractivity contribution in [3.63, 3.8) is 0 Å². The van der Waals surface area contributed by atoms with Gasteiger partial charge in [0.1, 0.15) is 6.04 Å². The summed E-state index contributed by atoms with van der Waals surface area (Å²) < 4.78 is 10.4. The largest absolute Gasteiger partial charge is 0.493 e. The van der Waals surface area contributed by atoms with Gasteiger partial charge in [-0.1, -0.05) is 6.07 Å². The summed E-state index contributed by atoms with van der Waals surface area (Å²) in [6.45, 7) is 0. The molecular weight excluding hydrogens is 220 g/mol. The van der Waals surface area contributed by atoms with Gasteiger partial charge in [0.05, 0.1) is 20.3 Å². The number of nitrogens with two attached hydrogens (primary N) is 1. The van der Waals surface area contributed by atoms with Gasteiger partial charge in [0.15, 0.2) is 11.5 Å². The molecule has 92 valence electrons. The number of amides is 1. The van der Waals surface area contributed by atoms with E-state index >= 15 is 0 Å². The van der Waals surface area contributed by atoms with Crippen LogP contribution in [0.2, 0.25) is 0 Å². The smallest absolute Gasteiger partial charge is 0.242 e. The van der Waals surface area contributed by atoms with Crippen LogP contribution in [0.1, 0.15) is 11.6 Å². The molecule has 1 aliphatic rings. The Morgan fingerprint density at radius 1 is 1.24 bits per heavy atom. The molecular formula is C12H16N2O3. The van der Waals surface area contributed by atoms with E-state index in [0.29, 0.717) is 11.5 Å². The molecule has 5 heteroatoms. The number of β-lactam (4-membered cyclic amide) rings is 1. The zero-order chi connectivity index (χ0) is 12.6. The molecule has 1 aromatic rings. The van der Waals surface area contributed by atoms with Gasteiger partial charge in [0.2, 0.25) is 5.91 Å². The molecule has 2 atom stereocenters. The number of carbonyl (C=O) groups is 1. The second-order valence-electron chi connectivity index (χ2n) is 4.03. The summed E-state index contributed by atoms with van der Waals surface area (Å²) in [5, 5.41) is 0. The number of carbonyl (C=O) groups excluding carboxylic acids is 1. The van der Waals surface area contributed by atoms with Crippen LogP contribution in [0.3, 0.4) is 0 Å². The average Bonchev–Trinajstić information content (AvgIpc) is 2.38. The normalized spacial score (nSPS) is 23.3. The molecule has 17 heavy (non-hydrogen) atoms. The highest BCUT2D eigenvalue weighted by molar-refractivity contribution is 5.89. The van der Waals surface area contributed by atoms with E-state index in [0.717, 1.165) is 5.56 Å². The molecule has 0 unspecified atom stereocenters. The molecule has 0 aromatic heterocycles. The lowest BCUT2D eigenvalue weighted by Crippen LogP contribution is -2.61. The van der Waals surface area contributed by atoms with Crippen molar-refractivity contribution in [1.82, 2.24) is 4.90 Å². The first-order chi connectivity index (χ1) is 8.10. The van der Waals surface area contributed by atoms with Crippen LogP contribution in [0.25, 0.3) is 0 Å². The molecule has 1 heterocycles. The fraction of sp³-hybridized carbons (Fsp3) is 0.417. The molecule has 1 saturated heterocycles. The highest BCUT2D eigenvalue weighted by Gasteiger charge is 2.43. The van der Waals surface area contributed by atoms with Crippen LogP contribution >= 0.6 is 0 Å². The number of likely N-dealkylation sites (tertiary alicyclic amines) is 1. The number of rotatable bonds is 3. The van der Waals surface area contributed by atoms with E-state index in [-0.39, 0.29) is 11.9 Å². The maximum absolute atomic E-state index is 11.4. The van der Waals surface area contributed by atoms with Crippen molar-refractivity contribution in [2.24, 2.45) is 5.73 Å². The van der Waals surface area contributed by atoms with Crippen LogP contribution in [-0.4, -0.2) is 38.1 Å². The van der Waals surface area contributed by atoms with Crippen molar-refractivity contribution < 1.29 is 14.3 Å². The topological polar surface area (TPSA) is 64.8 Å². The summed E-state index contributed by atoms with van der Waals surface area (Å²) in [5.74, 6) is 1.27. The van der Waals surface area contributed by atoms with Crippen molar-refractivity contribution in [1.29, 1.82) is 0 Å². The summed E-state index contributed by atoms with van der Waals surface area (Å²) in [6.07, 6.45) is 0. The van der Waals surface area contributed by atoms with Crippen molar-refractivity contribution in [2.45, 2.75) is 12.1 Å². The Kier molecular flexibility index (Phi) is 2.93. The van der Waals surface area contributed by atoms with Gasteiger partial charge in [-0.15, -0.1) is 0 Å². The van der Waals surface area contributed by atoms with Crippen LogP contribution in [-0.2, 0) is 4.79 Å². The van der Waals surface area contributed by atoms with Gasteiger partial charge in [-0.2, -0.15) is 0 Å². The molecule has 5 nitrogen and oxygen atoms in total. The van der Waals surface area contributed by atoms with Gasteiger partial charge in [-0.25, -0.2) is 0 Å². The third-order valence-corrected chi connectivity index (χ3v) is 3.14. The number of likely N-dealkylation sites (N-methyl/N-ethyl adjacent to an activating group) is 1. The highest BCUT2D eigenvalue weighted by atomic mass is 16.5. The van der Waals surface area contributed by atoms with Crippen molar-refractivity contribution >= 4 is 5.91 Å². The second kappa shape index (κ2) is 4.25. The lowest BCUT2D eigenvalue weighted by molar-refractivity contribution is -0.147. The lowest BCUT2D eigenvalue weighted by Gasteiger charge is -2.43. The third kappa shape index (κ3) is 1.72. The number of nitrogens with zero attached hydrogens (tertiary/aromatic N) is 1. The molecule has 1 aliphatic heterocycles. The van der Waals surface area contributed by atoms with E-state index < -0.39 is 6.04 Å². The third-order valence-electron chi connectivity index (χ3n) is 3.14. The predicted octanol–water partition coefficient (Wildman–Crippen LogP) is 0.544. The van der Waals surface area contributed by atoms with Gasteiger partial charge >= 0.3 is 0 Å². The first-order valence-corrected chi connectivity index (χ1v) is 5.34. The Balaban J connectivity index is 2.31. The Hall–Kier alpha value is -1.75. The van der Waals surface area contributed by atoms with Crippen LogP contribution < -0.4 is 15.2 Å². The summed E-state index contributed by atoms with van der Waals surface area (Å²) in [4.78, 5) is 13.0. The van der Waals surface area contributed by atoms with Crippen LogP contribution in [0.5, 0.6) is 11.5 Å². The van der Waals surface area contributed by atoms with Crippen molar-refractivity contribution in [3.8, 4) is 11.5 Å². The molecule has 2 N–H and O–H groups in total. The summed E-state index contributed by atoms with van der Waals surface area (Å²) in [5.41, 5.74) is 6.74. The number of hydrogen-bond donors (Lipinski definition) is 1. The zero-order valence-corrected chi connectivity index (χ0v) is 10.1. The van der Waals surface area contributed by atoms with Crippen LogP contribution in [0.4, 0.5) is 0 Å². The highest BCUT2D eigenvalue weighted by Crippen LogP contribution is 2.36. The molecule has 0 aliphatic carbocycles. The Morgan fingerprint density at radius 3 is 2.41 bits per heavy atom.